The summed E-state index contributed by atoms with van der Waals surface area (Å²) >= 11 is 1.68. The van der Waals surface area contributed by atoms with Crippen LogP contribution >= 0.6 is 11.3 Å². The largest absolute Gasteiger partial charge is 0.497 e. The fourth-order valence-corrected chi connectivity index (χ4v) is 4.71. The minimum atomic E-state index is 0. The third kappa shape index (κ3) is 3.87. The van der Waals surface area contributed by atoms with Gasteiger partial charge in [-0.3, -0.25) is 4.68 Å². The van der Waals surface area contributed by atoms with E-state index in [9.17, 15) is 0 Å². The number of methoxy groups -OCH3 is 2. The highest BCUT2D eigenvalue weighted by Gasteiger charge is 2.18. The number of aromatic nitrogens is 3. The van der Waals surface area contributed by atoms with Crippen LogP contribution in [0.25, 0.3) is 20.4 Å². The maximum absolute atomic E-state index is 5.49. The van der Waals surface area contributed by atoms with E-state index in [0.29, 0.717) is 6.54 Å². The number of pyridine rings is 1. The Labute approximate surface area is 177 Å². The van der Waals surface area contributed by atoms with Crippen molar-refractivity contribution < 1.29 is 10.9 Å². The van der Waals surface area contributed by atoms with Gasteiger partial charge in [-0.25, -0.2) is 4.98 Å². The summed E-state index contributed by atoms with van der Waals surface area (Å²) in [6.45, 7) is 8.77. The molecule has 3 aromatic heterocycles. The van der Waals surface area contributed by atoms with E-state index in [1.54, 1.807) is 25.6 Å². The molecule has 0 radical (unpaired) electrons. The smallest absolute Gasteiger partial charge is 0.166 e. The van der Waals surface area contributed by atoms with Gasteiger partial charge >= 0.3 is 0 Å². The Bertz CT molecular complexity index is 1150. The van der Waals surface area contributed by atoms with Crippen molar-refractivity contribution in [2.75, 3.05) is 19.5 Å². The van der Waals surface area contributed by atoms with Crippen molar-refractivity contribution in [3.8, 4) is 11.5 Å². The Balaban J connectivity index is 0.00000104. The van der Waals surface area contributed by atoms with Crippen LogP contribution in [0.4, 0.5) is 5.82 Å². The van der Waals surface area contributed by atoms with Crippen LogP contribution in [0.1, 0.15) is 32.1 Å². The van der Waals surface area contributed by atoms with Crippen molar-refractivity contribution in [2.24, 2.45) is 7.05 Å². The molecule has 0 aliphatic heterocycles. The Hall–Kier alpha value is -2.80. The lowest BCUT2D eigenvalue weighted by molar-refractivity contribution is 0.391. The number of benzene rings is 1. The molecule has 3 heterocycles. The summed E-state index contributed by atoms with van der Waals surface area (Å²) < 4.78 is 13.8. The first kappa shape index (κ1) is 20.9. The van der Waals surface area contributed by atoms with Crippen LogP contribution in [0.2, 0.25) is 0 Å². The first-order chi connectivity index (χ1) is 14.0. The van der Waals surface area contributed by atoms with Crippen LogP contribution in [-0.2, 0) is 13.6 Å². The number of thiophene rings is 1. The molecule has 0 saturated heterocycles. The average molecular weight is 415 g/mol. The third-order valence-electron chi connectivity index (χ3n) is 4.69. The van der Waals surface area contributed by atoms with Crippen LogP contribution in [0.5, 0.6) is 11.5 Å². The van der Waals surface area contributed by atoms with Crippen molar-refractivity contribution in [3.05, 3.63) is 41.1 Å². The quantitative estimate of drug-likeness (QED) is 0.454. The maximum Gasteiger partial charge on any atom is 0.166 e. The lowest BCUT2D eigenvalue weighted by Gasteiger charge is -2.11. The van der Waals surface area contributed by atoms with E-state index in [2.05, 4.69) is 18.3 Å². The molecule has 0 amide bonds. The van der Waals surface area contributed by atoms with Crippen molar-refractivity contribution in [1.82, 2.24) is 14.8 Å². The highest BCUT2D eigenvalue weighted by Crippen LogP contribution is 2.39. The molecular formula is C22H30N4O2S. The van der Waals surface area contributed by atoms with Gasteiger partial charge < -0.3 is 14.8 Å². The van der Waals surface area contributed by atoms with Gasteiger partial charge in [0.1, 0.15) is 16.3 Å². The molecule has 0 bridgehead atoms. The number of nitrogens with zero attached hydrogens (tertiary/aromatic N) is 3. The van der Waals surface area contributed by atoms with Gasteiger partial charge in [0.2, 0.25) is 0 Å². The molecule has 6 nitrogen and oxygen atoms in total. The predicted molar refractivity (Wildman–Crippen MR) is 124 cm³/mol. The number of aryl methyl sites for hydroxylation is 3. The summed E-state index contributed by atoms with van der Waals surface area (Å²) in [6.07, 6.45) is 0. The molecule has 0 atom stereocenters. The van der Waals surface area contributed by atoms with Crippen LogP contribution in [0.3, 0.4) is 0 Å². The zero-order valence-corrected chi connectivity index (χ0v) is 18.9. The summed E-state index contributed by atoms with van der Waals surface area (Å²) in [5.74, 6) is 2.43. The van der Waals surface area contributed by atoms with Gasteiger partial charge in [-0.15, -0.1) is 11.3 Å². The lowest BCUT2D eigenvalue weighted by atomic mass is 10.1. The molecule has 4 rings (SSSR count). The molecule has 0 unspecified atom stereocenters. The number of ether oxygens (including phenoxy) is 2. The Morgan fingerprint density at radius 2 is 1.90 bits per heavy atom. The molecule has 0 fully saturated rings. The van der Waals surface area contributed by atoms with E-state index >= 15 is 0 Å². The Morgan fingerprint density at radius 1 is 1.14 bits per heavy atom. The van der Waals surface area contributed by atoms with E-state index < -0.39 is 0 Å². The van der Waals surface area contributed by atoms with Gasteiger partial charge in [-0.05, 0) is 37.6 Å². The molecule has 29 heavy (non-hydrogen) atoms. The van der Waals surface area contributed by atoms with Crippen LogP contribution in [-0.4, -0.2) is 29.0 Å². The second kappa shape index (κ2) is 8.69. The molecule has 1 N–H and O–H groups in total. The molecule has 0 aliphatic carbocycles. The number of rotatable bonds is 5. The molecule has 1 aromatic carbocycles. The van der Waals surface area contributed by atoms with E-state index in [0.717, 1.165) is 43.6 Å². The predicted octanol–water partition coefficient (Wildman–Crippen LogP) is 5.70. The van der Waals surface area contributed by atoms with Gasteiger partial charge in [0, 0.05) is 37.7 Å². The average Bonchev–Trinajstić information content (AvgIpc) is 3.25. The fourth-order valence-electron chi connectivity index (χ4n) is 3.43. The monoisotopic (exact) mass is 414 g/mol. The van der Waals surface area contributed by atoms with Gasteiger partial charge in [-0.2, -0.15) is 5.10 Å². The Morgan fingerprint density at radius 3 is 2.59 bits per heavy atom. The minimum Gasteiger partial charge on any atom is -0.497 e. The Kier molecular flexibility index (Phi) is 6.27. The SMILES string of the molecule is CC.COc1ccc(CNc2nn(C)c3c2sc2nc(C)cc(C)c23)c(OC)c1.[HH]. The fraction of sp³-hybridized carbons (Fsp3) is 0.364. The highest BCUT2D eigenvalue weighted by molar-refractivity contribution is 7.26. The van der Waals surface area contributed by atoms with Crippen LogP contribution in [0.15, 0.2) is 24.3 Å². The zero-order chi connectivity index (χ0) is 21.1. The van der Waals surface area contributed by atoms with E-state index in [4.69, 9.17) is 19.6 Å². The molecule has 156 valence electrons. The first-order valence-corrected chi connectivity index (χ1v) is 10.5. The second-order valence-electron chi connectivity index (χ2n) is 6.54. The summed E-state index contributed by atoms with van der Waals surface area (Å²) in [6, 6.07) is 7.95. The van der Waals surface area contributed by atoms with Gasteiger partial charge in [0.25, 0.3) is 0 Å². The summed E-state index contributed by atoms with van der Waals surface area (Å²) in [5, 5.41) is 9.34. The number of fused-ring (bicyclic) bond motifs is 3. The van der Waals surface area contributed by atoms with Crippen molar-refractivity contribution in [3.63, 3.8) is 0 Å². The lowest BCUT2D eigenvalue weighted by Crippen LogP contribution is -2.03. The maximum atomic E-state index is 5.49. The number of anilines is 1. The van der Waals surface area contributed by atoms with Crippen molar-refractivity contribution in [2.45, 2.75) is 34.2 Å². The minimum absolute atomic E-state index is 0. The van der Waals surface area contributed by atoms with E-state index in [1.165, 1.54) is 10.9 Å². The molecule has 0 saturated carbocycles. The number of nitrogens with one attached hydrogen (secondary N) is 1. The summed E-state index contributed by atoms with van der Waals surface area (Å²) in [5.41, 5.74) is 4.44. The molecule has 7 heteroatoms. The second-order valence-corrected chi connectivity index (χ2v) is 7.54. The molecule has 0 aliphatic rings. The van der Waals surface area contributed by atoms with Crippen molar-refractivity contribution in [1.29, 1.82) is 0 Å². The molecule has 0 spiro atoms. The highest BCUT2D eigenvalue weighted by atomic mass is 32.1. The number of hydrogen-bond acceptors (Lipinski definition) is 6. The number of hydrogen-bond donors (Lipinski definition) is 1. The van der Waals surface area contributed by atoms with Gasteiger partial charge in [0.15, 0.2) is 5.82 Å². The van der Waals surface area contributed by atoms with Crippen LogP contribution < -0.4 is 14.8 Å². The summed E-state index contributed by atoms with van der Waals surface area (Å²) in [7, 11) is 5.30. The molecular weight excluding hydrogens is 384 g/mol. The van der Waals surface area contributed by atoms with Gasteiger partial charge in [0.05, 0.1) is 24.4 Å². The third-order valence-corrected chi connectivity index (χ3v) is 5.77. The molecule has 4 aromatic rings. The first-order valence-electron chi connectivity index (χ1n) is 9.70. The van der Waals surface area contributed by atoms with Crippen LogP contribution in [0, 0.1) is 13.8 Å². The summed E-state index contributed by atoms with van der Waals surface area (Å²) in [4.78, 5) is 5.76. The topological polar surface area (TPSA) is 61.2 Å². The van der Waals surface area contributed by atoms with E-state index in [1.807, 2.05) is 50.7 Å². The van der Waals surface area contributed by atoms with E-state index in [-0.39, 0.29) is 1.43 Å². The normalized spacial score (nSPS) is 10.7. The van der Waals surface area contributed by atoms with Gasteiger partial charge in [-0.1, -0.05) is 13.8 Å². The van der Waals surface area contributed by atoms with Crippen molar-refractivity contribution >= 4 is 37.6 Å². The zero-order valence-electron chi connectivity index (χ0n) is 18.1. The standard InChI is InChI=1S/C20H22N4O2S.C2H6.H2/c1-11-8-12(2)22-20-16(11)17-18(27-20)19(23-24(17)3)21-10-13-6-7-14(25-4)9-15(13)26-5;1-2;/h6-9H,10H2,1-5H3,(H,21,23);1-2H3;1H.